The van der Waals surface area contributed by atoms with Crippen LogP contribution in [-0.2, 0) is 16.6 Å². The molecule has 7 nitrogen and oxygen atoms in total. The van der Waals surface area contributed by atoms with Gasteiger partial charge in [-0.1, -0.05) is 42.5 Å². The molecule has 0 atom stereocenters. The summed E-state index contributed by atoms with van der Waals surface area (Å²) in [7, 11) is -3.53. The summed E-state index contributed by atoms with van der Waals surface area (Å²) in [5.41, 5.74) is 10.6. The molecule has 0 aliphatic heterocycles. The third-order valence-corrected chi connectivity index (χ3v) is 7.73. The second-order valence-corrected chi connectivity index (χ2v) is 11.3. The van der Waals surface area contributed by atoms with E-state index in [0.29, 0.717) is 11.3 Å². The van der Waals surface area contributed by atoms with Gasteiger partial charge in [0.15, 0.2) is 0 Å². The number of carbonyl (C=O) groups is 1. The minimum Gasteiger partial charge on any atom is -0.318 e. The van der Waals surface area contributed by atoms with Gasteiger partial charge in [-0.2, -0.15) is 5.10 Å². The van der Waals surface area contributed by atoms with Gasteiger partial charge in [-0.3, -0.25) is 9.10 Å². The predicted molar refractivity (Wildman–Crippen MR) is 154 cm³/mol. The molecule has 4 aromatic rings. The topological polar surface area (TPSA) is 83.8 Å². The van der Waals surface area contributed by atoms with Crippen LogP contribution in [-0.4, -0.2) is 31.4 Å². The van der Waals surface area contributed by atoms with Crippen molar-refractivity contribution < 1.29 is 13.2 Å². The largest absolute Gasteiger partial charge is 0.318 e. The van der Waals surface area contributed by atoms with E-state index in [1.165, 1.54) is 16.1 Å². The zero-order chi connectivity index (χ0) is 27.4. The Kier molecular flexibility index (Phi) is 7.83. The van der Waals surface area contributed by atoms with Crippen molar-refractivity contribution in [1.82, 2.24) is 9.99 Å². The number of amides is 1. The number of hydrogen-bond acceptors (Lipinski definition) is 4. The van der Waals surface area contributed by atoms with Crippen molar-refractivity contribution in [2.24, 2.45) is 5.10 Å². The van der Waals surface area contributed by atoms with Crippen LogP contribution in [0.4, 0.5) is 5.69 Å². The summed E-state index contributed by atoms with van der Waals surface area (Å²) < 4.78 is 28.6. The van der Waals surface area contributed by atoms with Gasteiger partial charge in [0, 0.05) is 28.2 Å². The van der Waals surface area contributed by atoms with E-state index >= 15 is 0 Å². The Morgan fingerprint density at radius 2 is 1.55 bits per heavy atom. The number of para-hydroxylation sites is 1. The highest BCUT2D eigenvalue weighted by Crippen LogP contribution is 2.24. The van der Waals surface area contributed by atoms with Gasteiger partial charge in [0.25, 0.3) is 5.91 Å². The molecule has 0 saturated heterocycles. The normalized spacial score (nSPS) is 11.6. The number of hydrogen-bond donors (Lipinski definition) is 1. The fraction of sp³-hybridized carbons (Fsp3) is 0.200. The first-order valence-electron chi connectivity index (χ1n) is 12.3. The minimum atomic E-state index is -3.53. The van der Waals surface area contributed by atoms with Crippen molar-refractivity contribution >= 4 is 27.8 Å². The Morgan fingerprint density at radius 1 is 0.921 bits per heavy atom. The maximum atomic E-state index is 12.7. The first-order chi connectivity index (χ1) is 18.1. The molecule has 8 heteroatoms. The lowest BCUT2D eigenvalue weighted by Gasteiger charge is -2.23. The molecule has 0 saturated carbocycles. The van der Waals surface area contributed by atoms with Gasteiger partial charge in [-0.25, -0.2) is 13.8 Å². The molecule has 0 unspecified atom stereocenters. The van der Waals surface area contributed by atoms with Crippen LogP contribution < -0.4 is 9.73 Å². The Bertz CT molecular complexity index is 1600. The van der Waals surface area contributed by atoms with E-state index in [1.54, 1.807) is 30.5 Å². The van der Waals surface area contributed by atoms with E-state index in [4.69, 9.17) is 0 Å². The van der Waals surface area contributed by atoms with E-state index in [0.717, 1.165) is 33.8 Å². The summed E-state index contributed by atoms with van der Waals surface area (Å²) in [6.07, 6.45) is 2.81. The van der Waals surface area contributed by atoms with Gasteiger partial charge >= 0.3 is 0 Å². The Balaban J connectivity index is 1.48. The number of anilines is 1. The molecular formula is C30H32N4O3S. The summed E-state index contributed by atoms with van der Waals surface area (Å²) >= 11 is 0. The fourth-order valence-electron chi connectivity index (χ4n) is 4.45. The summed E-state index contributed by atoms with van der Waals surface area (Å²) in [4.78, 5) is 12.7. The highest BCUT2D eigenvalue weighted by atomic mass is 32.2. The number of carbonyl (C=O) groups excluding carboxylic acids is 1. The molecule has 38 heavy (non-hydrogen) atoms. The number of rotatable bonds is 8. The van der Waals surface area contributed by atoms with Crippen molar-refractivity contribution in [2.75, 3.05) is 10.6 Å². The van der Waals surface area contributed by atoms with Crippen LogP contribution in [0.25, 0.3) is 5.69 Å². The molecule has 0 aliphatic rings. The highest BCUT2D eigenvalue weighted by Gasteiger charge is 2.19. The summed E-state index contributed by atoms with van der Waals surface area (Å²) in [5, 5.41) is 4.17. The van der Waals surface area contributed by atoms with Gasteiger partial charge in [-0.15, -0.1) is 0 Å². The first-order valence-corrected chi connectivity index (χ1v) is 14.1. The molecule has 0 aliphatic carbocycles. The van der Waals surface area contributed by atoms with Crippen LogP contribution >= 0.6 is 0 Å². The molecule has 4 rings (SSSR count). The van der Waals surface area contributed by atoms with Crippen LogP contribution in [0.5, 0.6) is 0 Å². The molecule has 1 amide bonds. The summed E-state index contributed by atoms with van der Waals surface area (Å²) in [6.45, 7) is 8.29. The molecule has 3 aromatic carbocycles. The van der Waals surface area contributed by atoms with Crippen molar-refractivity contribution in [3.05, 3.63) is 118 Å². The first kappa shape index (κ1) is 26.9. The van der Waals surface area contributed by atoms with E-state index in [-0.39, 0.29) is 12.5 Å². The molecule has 1 heterocycles. The standard InChI is InChI=1S/C30H32N4O3S/c1-21-10-6-8-12-26(21)20-33(38(5,36)37)28-16-14-25(15-17-28)30(35)32-31-19-27-18-23(3)34(24(27)4)29-13-9-7-11-22(29)2/h6-19H,20H2,1-5H3,(H,32,35)/b31-19-. The number of benzene rings is 3. The second kappa shape index (κ2) is 11.1. The number of sulfonamides is 1. The van der Waals surface area contributed by atoms with Crippen molar-refractivity contribution in [1.29, 1.82) is 0 Å². The van der Waals surface area contributed by atoms with Gasteiger partial charge in [0.1, 0.15) is 0 Å². The minimum absolute atomic E-state index is 0.211. The zero-order valence-electron chi connectivity index (χ0n) is 22.3. The predicted octanol–water partition coefficient (Wildman–Crippen LogP) is 5.44. The molecule has 0 bridgehead atoms. The van der Waals surface area contributed by atoms with Crippen LogP contribution in [0.2, 0.25) is 0 Å². The molecule has 0 spiro atoms. The Hall–Kier alpha value is -4.17. The monoisotopic (exact) mass is 528 g/mol. The molecule has 1 N–H and O–H groups in total. The Morgan fingerprint density at radius 3 is 2.18 bits per heavy atom. The number of aromatic nitrogens is 1. The fourth-order valence-corrected chi connectivity index (χ4v) is 5.33. The zero-order valence-corrected chi connectivity index (χ0v) is 23.1. The molecule has 0 radical (unpaired) electrons. The number of nitrogens with zero attached hydrogens (tertiary/aromatic N) is 3. The average Bonchev–Trinajstić information content (AvgIpc) is 3.15. The van der Waals surface area contributed by atoms with E-state index < -0.39 is 10.0 Å². The molecule has 1 aromatic heterocycles. The Labute approximate surface area is 224 Å². The third kappa shape index (κ3) is 5.86. The number of aryl methyl sites for hydroxylation is 3. The highest BCUT2D eigenvalue weighted by molar-refractivity contribution is 7.92. The van der Waals surface area contributed by atoms with Gasteiger partial charge in [0.2, 0.25) is 10.0 Å². The average molecular weight is 529 g/mol. The lowest BCUT2D eigenvalue weighted by Crippen LogP contribution is -2.29. The maximum absolute atomic E-state index is 12.7. The van der Waals surface area contributed by atoms with E-state index in [2.05, 4.69) is 34.2 Å². The van der Waals surface area contributed by atoms with E-state index in [9.17, 15) is 13.2 Å². The molecule has 196 valence electrons. The van der Waals surface area contributed by atoms with Crippen LogP contribution in [0.1, 0.15) is 44.0 Å². The van der Waals surface area contributed by atoms with Gasteiger partial charge in [-0.05, 0) is 80.8 Å². The van der Waals surface area contributed by atoms with Crippen LogP contribution in [0, 0.1) is 27.7 Å². The molecule has 0 fully saturated rings. The second-order valence-electron chi connectivity index (χ2n) is 9.39. The quantitative estimate of drug-likeness (QED) is 0.244. The van der Waals surface area contributed by atoms with Crippen molar-refractivity contribution in [2.45, 2.75) is 34.2 Å². The van der Waals surface area contributed by atoms with Crippen LogP contribution in [0.15, 0.2) is 84.0 Å². The maximum Gasteiger partial charge on any atom is 0.271 e. The lowest BCUT2D eigenvalue weighted by atomic mass is 10.1. The smallest absolute Gasteiger partial charge is 0.271 e. The summed E-state index contributed by atoms with van der Waals surface area (Å²) in [6, 6.07) is 24.3. The lowest BCUT2D eigenvalue weighted by molar-refractivity contribution is 0.0955. The van der Waals surface area contributed by atoms with Gasteiger partial charge in [0.05, 0.1) is 24.7 Å². The molecular weight excluding hydrogens is 496 g/mol. The van der Waals surface area contributed by atoms with E-state index in [1.807, 2.05) is 63.2 Å². The number of nitrogens with one attached hydrogen (secondary N) is 1. The number of hydrazone groups is 1. The van der Waals surface area contributed by atoms with Crippen molar-refractivity contribution in [3.63, 3.8) is 0 Å². The van der Waals surface area contributed by atoms with Crippen LogP contribution in [0.3, 0.4) is 0 Å². The third-order valence-electron chi connectivity index (χ3n) is 6.59. The summed E-state index contributed by atoms with van der Waals surface area (Å²) in [5.74, 6) is -0.384. The van der Waals surface area contributed by atoms with Crippen molar-refractivity contribution in [3.8, 4) is 5.69 Å². The SMILES string of the molecule is Cc1ccccc1CN(c1ccc(C(=O)N/N=C\c2cc(C)n(-c3ccccc3C)c2C)cc1)S(C)(=O)=O. The van der Waals surface area contributed by atoms with Gasteiger partial charge < -0.3 is 4.57 Å².